The average Bonchev–Trinajstić information content (AvgIpc) is 2.05. The lowest BCUT2D eigenvalue weighted by atomic mass is 10.0. The largest absolute Gasteiger partial charge is 0.294 e. The van der Waals surface area contributed by atoms with Crippen molar-refractivity contribution in [3.05, 3.63) is 29.6 Å². The quantitative estimate of drug-likeness (QED) is 0.640. The van der Waals surface area contributed by atoms with Gasteiger partial charge in [-0.2, -0.15) is 0 Å². The van der Waals surface area contributed by atoms with Crippen molar-refractivity contribution in [2.75, 3.05) is 0 Å². The zero-order chi connectivity index (χ0) is 8.97. The minimum Gasteiger partial charge on any atom is -0.294 e. The Morgan fingerprint density at radius 3 is 2.92 bits per heavy atom. The Labute approximate surface area is 72.6 Å². The van der Waals surface area contributed by atoms with Crippen LogP contribution in [0.2, 0.25) is 0 Å². The van der Waals surface area contributed by atoms with E-state index >= 15 is 0 Å². The summed E-state index contributed by atoms with van der Waals surface area (Å²) in [7, 11) is 0. The third-order valence-corrected chi connectivity index (χ3v) is 1.80. The summed E-state index contributed by atoms with van der Waals surface area (Å²) in [5.41, 5.74) is 1.78. The van der Waals surface area contributed by atoms with Gasteiger partial charge in [-0.1, -0.05) is 6.92 Å². The summed E-state index contributed by atoms with van der Waals surface area (Å²) in [6, 6.07) is 1.79. The molecule has 12 heavy (non-hydrogen) atoms. The molecule has 0 aromatic carbocycles. The normalized spacial score (nSPS) is 9.83. The molecule has 0 atom stereocenters. The summed E-state index contributed by atoms with van der Waals surface area (Å²) in [4.78, 5) is 15.4. The molecule has 0 fully saturated rings. The zero-order valence-electron chi connectivity index (χ0n) is 7.50. The van der Waals surface area contributed by atoms with Crippen molar-refractivity contribution < 1.29 is 4.79 Å². The van der Waals surface area contributed by atoms with Gasteiger partial charge in [0.25, 0.3) is 0 Å². The second-order valence-electron chi connectivity index (χ2n) is 2.86. The number of hydrogen-bond acceptors (Lipinski definition) is 2. The van der Waals surface area contributed by atoms with Crippen LogP contribution in [0.1, 0.15) is 35.7 Å². The molecule has 0 saturated carbocycles. The van der Waals surface area contributed by atoms with Gasteiger partial charge in [0.05, 0.1) is 0 Å². The maximum atomic E-state index is 11.4. The summed E-state index contributed by atoms with van der Waals surface area (Å²) >= 11 is 0. The van der Waals surface area contributed by atoms with Crippen molar-refractivity contribution in [2.24, 2.45) is 0 Å². The number of carbonyl (C=O) groups is 1. The lowest BCUT2D eigenvalue weighted by Crippen LogP contribution is -2.00. The van der Waals surface area contributed by atoms with Gasteiger partial charge in [-0.3, -0.25) is 9.78 Å². The number of Topliss-reactive ketones (excluding diaryl/α,β-unsaturated/α-hetero) is 1. The predicted molar refractivity (Wildman–Crippen MR) is 48.2 cm³/mol. The Balaban J connectivity index is 2.87. The molecule has 0 amide bonds. The van der Waals surface area contributed by atoms with Gasteiger partial charge in [-0.25, -0.2) is 0 Å². The van der Waals surface area contributed by atoms with Crippen LogP contribution in [0, 0.1) is 6.92 Å². The number of aryl methyl sites for hydroxylation is 1. The molecule has 0 radical (unpaired) electrons. The van der Waals surface area contributed by atoms with E-state index in [1.54, 1.807) is 18.5 Å². The van der Waals surface area contributed by atoms with E-state index < -0.39 is 0 Å². The van der Waals surface area contributed by atoms with Gasteiger partial charge >= 0.3 is 0 Å². The monoisotopic (exact) mass is 163 g/mol. The van der Waals surface area contributed by atoms with Gasteiger partial charge in [-0.05, 0) is 25.0 Å². The molecule has 0 unspecified atom stereocenters. The summed E-state index contributed by atoms with van der Waals surface area (Å²) in [6.07, 6.45) is 4.92. The topological polar surface area (TPSA) is 30.0 Å². The fourth-order valence-corrected chi connectivity index (χ4v) is 1.15. The SMILES string of the molecule is CCCC(=O)c1ccncc1C. The molecular formula is C10H13NO. The van der Waals surface area contributed by atoms with Crippen molar-refractivity contribution in [2.45, 2.75) is 26.7 Å². The van der Waals surface area contributed by atoms with Crippen molar-refractivity contribution in [3.63, 3.8) is 0 Å². The van der Waals surface area contributed by atoms with Gasteiger partial charge in [0.2, 0.25) is 0 Å². The summed E-state index contributed by atoms with van der Waals surface area (Å²) in [5.74, 6) is 0.220. The lowest BCUT2D eigenvalue weighted by molar-refractivity contribution is 0.0981. The summed E-state index contributed by atoms with van der Waals surface area (Å²) in [5, 5.41) is 0. The Kier molecular flexibility index (Phi) is 2.97. The van der Waals surface area contributed by atoms with Gasteiger partial charge < -0.3 is 0 Å². The third kappa shape index (κ3) is 1.91. The Morgan fingerprint density at radius 2 is 2.33 bits per heavy atom. The minimum absolute atomic E-state index is 0.220. The van der Waals surface area contributed by atoms with Crippen molar-refractivity contribution >= 4 is 5.78 Å². The van der Waals surface area contributed by atoms with Crippen LogP contribution in [0.3, 0.4) is 0 Å². The standard InChI is InChI=1S/C10H13NO/c1-3-4-10(12)9-5-6-11-7-8(9)2/h5-7H,3-4H2,1-2H3. The maximum Gasteiger partial charge on any atom is 0.163 e. The first-order chi connectivity index (χ1) is 5.75. The van der Waals surface area contributed by atoms with Crippen LogP contribution >= 0.6 is 0 Å². The summed E-state index contributed by atoms with van der Waals surface area (Å²) < 4.78 is 0. The molecule has 0 aliphatic heterocycles. The molecular weight excluding hydrogens is 150 g/mol. The van der Waals surface area contributed by atoms with E-state index in [0.717, 1.165) is 17.5 Å². The van der Waals surface area contributed by atoms with Crippen molar-refractivity contribution in [1.82, 2.24) is 4.98 Å². The first kappa shape index (κ1) is 8.91. The van der Waals surface area contributed by atoms with Gasteiger partial charge in [0.15, 0.2) is 5.78 Å². The second kappa shape index (κ2) is 4.00. The number of carbonyl (C=O) groups excluding carboxylic acids is 1. The second-order valence-corrected chi connectivity index (χ2v) is 2.86. The Hall–Kier alpha value is -1.18. The molecule has 2 nitrogen and oxygen atoms in total. The first-order valence-corrected chi connectivity index (χ1v) is 4.19. The number of nitrogens with zero attached hydrogens (tertiary/aromatic N) is 1. The van der Waals surface area contributed by atoms with E-state index in [-0.39, 0.29) is 5.78 Å². The molecule has 0 N–H and O–H groups in total. The van der Waals surface area contributed by atoms with Crippen molar-refractivity contribution in [1.29, 1.82) is 0 Å². The number of aromatic nitrogens is 1. The molecule has 1 heterocycles. The van der Waals surface area contributed by atoms with Crippen LogP contribution in [-0.4, -0.2) is 10.8 Å². The number of hydrogen-bond donors (Lipinski definition) is 0. The van der Waals surface area contributed by atoms with Crippen molar-refractivity contribution in [3.8, 4) is 0 Å². The fraction of sp³-hybridized carbons (Fsp3) is 0.400. The van der Waals surface area contributed by atoms with Crippen LogP contribution in [0.15, 0.2) is 18.5 Å². The highest BCUT2D eigenvalue weighted by atomic mass is 16.1. The van der Waals surface area contributed by atoms with E-state index in [0.29, 0.717) is 6.42 Å². The van der Waals surface area contributed by atoms with Gasteiger partial charge in [0, 0.05) is 24.4 Å². The molecule has 1 aromatic rings. The lowest BCUT2D eigenvalue weighted by Gasteiger charge is -2.01. The smallest absolute Gasteiger partial charge is 0.163 e. The highest BCUT2D eigenvalue weighted by Crippen LogP contribution is 2.08. The summed E-state index contributed by atoms with van der Waals surface area (Å²) in [6.45, 7) is 3.92. The maximum absolute atomic E-state index is 11.4. The van der Waals surface area contributed by atoms with E-state index in [1.807, 2.05) is 13.8 Å². The highest BCUT2D eigenvalue weighted by molar-refractivity contribution is 5.97. The van der Waals surface area contributed by atoms with Gasteiger partial charge in [-0.15, -0.1) is 0 Å². The molecule has 0 bridgehead atoms. The Bertz CT molecular complexity index is 281. The molecule has 2 heteroatoms. The molecule has 0 saturated heterocycles. The third-order valence-electron chi connectivity index (χ3n) is 1.80. The highest BCUT2D eigenvalue weighted by Gasteiger charge is 2.06. The first-order valence-electron chi connectivity index (χ1n) is 4.19. The molecule has 0 aliphatic carbocycles. The van der Waals surface area contributed by atoms with Crippen LogP contribution in [0.4, 0.5) is 0 Å². The van der Waals surface area contributed by atoms with Crippen LogP contribution in [0.25, 0.3) is 0 Å². The average molecular weight is 163 g/mol. The number of rotatable bonds is 3. The van der Waals surface area contributed by atoms with Crippen LogP contribution in [0.5, 0.6) is 0 Å². The molecule has 0 aliphatic rings. The zero-order valence-corrected chi connectivity index (χ0v) is 7.50. The molecule has 1 rings (SSSR count). The Morgan fingerprint density at radius 1 is 1.58 bits per heavy atom. The molecule has 0 spiro atoms. The van der Waals surface area contributed by atoms with E-state index in [1.165, 1.54) is 0 Å². The van der Waals surface area contributed by atoms with E-state index in [4.69, 9.17) is 0 Å². The molecule has 64 valence electrons. The van der Waals surface area contributed by atoms with Crippen LogP contribution < -0.4 is 0 Å². The number of pyridine rings is 1. The van der Waals surface area contributed by atoms with Crippen LogP contribution in [-0.2, 0) is 0 Å². The number of ketones is 1. The fourth-order valence-electron chi connectivity index (χ4n) is 1.15. The molecule has 1 aromatic heterocycles. The van der Waals surface area contributed by atoms with E-state index in [9.17, 15) is 4.79 Å². The van der Waals surface area contributed by atoms with Gasteiger partial charge in [0.1, 0.15) is 0 Å². The van der Waals surface area contributed by atoms with E-state index in [2.05, 4.69) is 4.98 Å². The predicted octanol–water partition coefficient (Wildman–Crippen LogP) is 2.37. The minimum atomic E-state index is 0.220.